The van der Waals surface area contributed by atoms with E-state index in [0.29, 0.717) is 16.6 Å². The van der Waals surface area contributed by atoms with E-state index in [1.807, 2.05) is 24.1 Å². The highest BCUT2D eigenvalue weighted by Crippen LogP contribution is 2.20. The largest absolute Gasteiger partial charge is 0.497 e. The minimum absolute atomic E-state index is 0.00577. The van der Waals surface area contributed by atoms with E-state index in [-0.39, 0.29) is 5.91 Å². The van der Waals surface area contributed by atoms with E-state index in [0.717, 1.165) is 51.2 Å². The van der Waals surface area contributed by atoms with Crippen LogP contribution < -0.4 is 4.74 Å². The van der Waals surface area contributed by atoms with Crippen LogP contribution in [-0.4, -0.2) is 61.0 Å². The van der Waals surface area contributed by atoms with Gasteiger partial charge < -0.3 is 14.5 Å². The van der Waals surface area contributed by atoms with Crippen molar-refractivity contribution in [3.63, 3.8) is 0 Å². The predicted molar refractivity (Wildman–Crippen MR) is 112 cm³/mol. The fourth-order valence-electron chi connectivity index (χ4n) is 3.70. The topological polar surface area (TPSA) is 45.7 Å². The summed E-state index contributed by atoms with van der Waals surface area (Å²) in [5.74, 6) is 1.45. The highest BCUT2D eigenvalue weighted by atomic mass is 35.5. The molecule has 0 N–H and O–H groups in total. The number of nitrogens with zero attached hydrogens (tertiary/aromatic N) is 3. The number of pyridine rings is 1. The van der Waals surface area contributed by atoms with Crippen LogP contribution in [-0.2, 0) is 6.42 Å². The second kappa shape index (κ2) is 9.89. The van der Waals surface area contributed by atoms with Gasteiger partial charge in [0.1, 0.15) is 10.9 Å². The van der Waals surface area contributed by atoms with Crippen molar-refractivity contribution in [2.75, 3.05) is 40.3 Å². The molecule has 1 aromatic carbocycles. The molecule has 2 heterocycles. The number of hydrogen-bond acceptors (Lipinski definition) is 4. The van der Waals surface area contributed by atoms with Crippen LogP contribution in [0.4, 0.5) is 0 Å². The molecular formula is C22H28ClN3O2. The summed E-state index contributed by atoms with van der Waals surface area (Å²) < 4.78 is 5.21. The number of rotatable bonds is 7. The Morgan fingerprint density at radius 3 is 2.61 bits per heavy atom. The van der Waals surface area contributed by atoms with Gasteiger partial charge in [-0.05, 0) is 68.1 Å². The minimum atomic E-state index is 0.00577. The van der Waals surface area contributed by atoms with E-state index in [1.54, 1.807) is 25.4 Å². The van der Waals surface area contributed by atoms with Crippen molar-refractivity contribution in [3.8, 4) is 5.75 Å². The molecule has 150 valence electrons. The average Bonchev–Trinajstić information content (AvgIpc) is 2.73. The van der Waals surface area contributed by atoms with Crippen molar-refractivity contribution in [3.05, 3.63) is 58.9 Å². The number of halogens is 1. The maximum atomic E-state index is 12.6. The van der Waals surface area contributed by atoms with Crippen LogP contribution in [0.25, 0.3) is 0 Å². The zero-order valence-corrected chi connectivity index (χ0v) is 17.4. The molecule has 0 bridgehead atoms. The molecule has 28 heavy (non-hydrogen) atoms. The predicted octanol–water partition coefficient (Wildman–Crippen LogP) is 3.77. The molecule has 1 aromatic heterocycles. The number of amides is 1. The molecule has 1 aliphatic rings. The first-order valence-corrected chi connectivity index (χ1v) is 10.2. The Kier molecular flexibility index (Phi) is 7.29. The molecule has 2 aromatic rings. The van der Waals surface area contributed by atoms with Crippen molar-refractivity contribution in [2.45, 2.75) is 19.3 Å². The highest BCUT2D eigenvalue weighted by molar-refractivity contribution is 6.29. The number of carbonyl (C=O) groups is 1. The van der Waals surface area contributed by atoms with Crippen LogP contribution in [0.2, 0.25) is 5.15 Å². The zero-order valence-electron chi connectivity index (χ0n) is 16.6. The Hall–Kier alpha value is -2.11. The lowest BCUT2D eigenvalue weighted by Crippen LogP contribution is -2.40. The van der Waals surface area contributed by atoms with Crippen molar-refractivity contribution in [2.24, 2.45) is 5.92 Å². The van der Waals surface area contributed by atoms with E-state index in [4.69, 9.17) is 16.3 Å². The summed E-state index contributed by atoms with van der Waals surface area (Å²) in [7, 11) is 3.56. The van der Waals surface area contributed by atoms with Gasteiger partial charge in [-0.2, -0.15) is 0 Å². The third-order valence-corrected chi connectivity index (χ3v) is 5.64. The first-order valence-electron chi connectivity index (χ1n) is 9.77. The Morgan fingerprint density at radius 2 is 1.96 bits per heavy atom. The van der Waals surface area contributed by atoms with Gasteiger partial charge in [0.15, 0.2) is 0 Å². The molecular weight excluding hydrogens is 374 g/mol. The summed E-state index contributed by atoms with van der Waals surface area (Å²) in [5, 5.41) is 0.351. The molecule has 1 fully saturated rings. The quantitative estimate of drug-likeness (QED) is 0.662. The number of ether oxygens (including phenoxy) is 1. The second-order valence-corrected chi connectivity index (χ2v) is 7.82. The smallest absolute Gasteiger partial charge is 0.253 e. The highest BCUT2D eigenvalue weighted by Gasteiger charge is 2.22. The molecule has 6 heteroatoms. The van der Waals surface area contributed by atoms with E-state index < -0.39 is 0 Å². The van der Waals surface area contributed by atoms with Gasteiger partial charge in [-0.3, -0.25) is 4.79 Å². The lowest BCUT2D eigenvalue weighted by Gasteiger charge is -2.34. The monoisotopic (exact) mass is 401 g/mol. The van der Waals surface area contributed by atoms with E-state index >= 15 is 0 Å². The van der Waals surface area contributed by atoms with Crippen LogP contribution >= 0.6 is 11.6 Å². The second-order valence-electron chi connectivity index (χ2n) is 7.44. The van der Waals surface area contributed by atoms with Gasteiger partial charge in [0.25, 0.3) is 5.91 Å². The third kappa shape index (κ3) is 5.69. The van der Waals surface area contributed by atoms with Gasteiger partial charge in [-0.15, -0.1) is 0 Å². The summed E-state index contributed by atoms with van der Waals surface area (Å²) in [4.78, 5) is 20.8. The Morgan fingerprint density at radius 1 is 1.25 bits per heavy atom. The standard InChI is InChI=1S/C22H28ClN3O2/c1-25(22(27)19-7-11-24-21(23)15-19)16-18-9-13-26(14-10-18)12-8-17-3-5-20(28-2)6-4-17/h3-7,11,15,18H,8-10,12-14,16H2,1-2H3. The Balaban J connectivity index is 1.41. The Labute approximate surface area is 172 Å². The van der Waals surface area contributed by atoms with Gasteiger partial charge >= 0.3 is 0 Å². The molecule has 1 aliphatic heterocycles. The molecule has 0 spiro atoms. The van der Waals surface area contributed by atoms with Gasteiger partial charge in [-0.1, -0.05) is 23.7 Å². The maximum Gasteiger partial charge on any atom is 0.253 e. The van der Waals surface area contributed by atoms with Gasteiger partial charge in [0.05, 0.1) is 7.11 Å². The van der Waals surface area contributed by atoms with Crippen LogP contribution in [0.15, 0.2) is 42.6 Å². The number of aromatic nitrogens is 1. The van der Waals surface area contributed by atoms with Crippen LogP contribution in [0.3, 0.4) is 0 Å². The first kappa shape index (κ1) is 20.6. The zero-order chi connectivity index (χ0) is 19.9. The summed E-state index contributed by atoms with van der Waals surface area (Å²) in [6, 6.07) is 11.7. The van der Waals surface area contributed by atoms with E-state index in [2.05, 4.69) is 22.0 Å². The SMILES string of the molecule is COc1ccc(CCN2CCC(CN(C)C(=O)c3ccnc(Cl)c3)CC2)cc1. The van der Waals surface area contributed by atoms with E-state index in [1.165, 1.54) is 5.56 Å². The molecule has 1 saturated heterocycles. The number of benzene rings is 1. The lowest BCUT2D eigenvalue weighted by atomic mass is 9.95. The number of likely N-dealkylation sites (tertiary alicyclic amines) is 1. The summed E-state index contributed by atoms with van der Waals surface area (Å²) in [5.41, 5.74) is 1.93. The number of methoxy groups -OCH3 is 1. The first-order chi connectivity index (χ1) is 13.5. The van der Waals surface area contributed by atoms with Crippen LogP contribution in [0, 0.1) is 5.92 Å². The molecule has 1 amide bonds. The van der Waals surface area contributed by atoms with Gasteiger partial charge in [-0.25, -0.2) is 4.98 Å². The van der Waals surface area contributed by atoms with Crippen molar-refractivity contribution in [1.29, 1.82) is 0 Å². The van der Waals surface area contributed by atoms with Crippen molar-refractivity contribution >= 4 is 17.5 Å². The molecule has 0 saturated carbocycles. The average molecular weight is 402 g/mol. The molecule has 0 aliphatic carbocycles. The van der Waals surface area contributed by atoms with Crippen molar-refractivity contribution in [1.82, 2.24) is 14.8 Å². The van der Waals surface area contributed by atoms with Crippen molar-refractivity contribution < 1.29 is 9.53 Å². The third-order valence-electron chi connectivity index (χ3n) is 5.44. The number of piperidine rings is 1. The summed E-state index contributed by atoms with van der Waals surface area (Å²) >= 11 is 5.90. The molecule has 0 radical (unpaired) electrons. The maximum absolute atomic E-state index is 12.6. The summed E-state index contributed by atoms with van der Waals surface area (Å²) in [6.07, 6.45) is 4.87. The molecule has 0 unspecified atom stereocenters. The van der Waals surface area contributed by atoms with Gasteiger partial charge in [0, 0.05) is 31.9 Å². The normalized spacial score (nSPS) is 15.4. The molecule has 0 atom stereocenters. The van der Waals surface area contributed by atoms with Crippen LogP contribution in [0.1, 0.15) is 28.8 Å². The summed E-state index contributed by atoms with van der Waals surface area (Å²) in [6.45, 7) is 4.03. The lowest BCUT2D eigenvalue weighted by molar-refractivity contribution is 0.0740. The molecule has 5 nitrogen and oxygen atoms in total. The molecule has 3 rings (SSSR count). The Bertz CT molecular complexity index is 774. The minimum Gasteiger partial charge on any atom is -0.497 e. The fourth-order valence-corrected chi connectivity index (χ4v) is 3.87. The van der Waals surface area contributed by atoms with Gasteiger partial charge in [0.2, 0.25) is 0 Å². The fraction of sp³-hybridized carbons (Fsp3) is 0.455. The van der Waals surface area contributed by atoms with E-state index in [9.17, 15) is 4.79 Å². The number of carbonyl (C=O) groups excluding carboxylic acids is 1. The van der Waals surface area contributed by atoms with Crippen LogP contribution in [0.5, 0.6) is 5.75 Å². The number of hydrogen-bond donors (Lipinski definition) is 0.